The molecule has 0 unspecified atom stereocenters. The van der Waals surface area contributed by atoms with Crippen LogP contribution in [-0.2, 0) is 4.74 Å². The van der Waals surface area contributed by atoms with E-state index in [4.69, 9.17) is 27.9 Å². The Morgan fingerprint density at radius 3 is 2.83 bits per heavy atom. The molecule has 0 aliphatic rings. The van der Waals surface area contributed by atoms with Crippen molar-refractivity contribution in [3.8, 4) is 0 Å². The van der Waals surface area contributed by atoms with E-state index >= 15 is 0 Å². The van der Waals surface area contributed by atoms with Crippen molar-refractivity contribution >= 4 is 29.1 Å². The molecule has 0 heterocycles. The van der Waals surface area contributed by atoms with E-state index in [9.17, 15) is 4.79 Å². The Balaban J connectivity index is 2.32. The van der Waals surface area contributed by atoms with Crippen LogP contribution < -0.4 is 5.32 Å². The highest BCUT2D eigenvalue weighted by atomic mass is 35.5. The van der Waals surface area contributed by atoms with Crippen molar-refractivity contribution in [1.82, 2.24) is 5.32 Å². The van der Waals surface area contributed by atoms with E-state index in [-0.39, 0.29) is 5.91 Å². The molecule has 1 aromatic carbocycles. The number of carbonyl (C=O) groups excluding carboxylic acids is 1. The van der Waals surface area contributed by atoms with Crippen LogP contribution in [0.1, 0.15) is 22.3 Å². The number of hydrogen-bond acceptors (Lipinski definition) is 2. The third kappa shape index (κ3) is 5.25. The Kier molecular flexibility index (Phi) is 7.09. The molecule has 1 rings (SSSR count). The van der Waals surface area contributed by atoms with Crippen LogP contribution in [0.3, 0.4) is 0 Å². The van der Waals surface area contributed by atoms with Gasteiger partial charge in [-0.2, -0.15) is 0 Å². The average Bonchev–Trinajstić information content (AvgIpc) is 2.33. The molecular formula is C13H17Cl2NO2. The monoisotopic (exact) mass is 289 g/mol. The SMILES string of the molecule is Cc1cc(Cl)ccc1C(=O)NCCCOCCCl. The fraction of sp³-hybridized carbons (Fsp3) is 0.462. The zero-order valence-electron chi connectivity index (χ0n) is 10.3. The van der Waals surface area contributed by atoms with Crippen LogP contribution in [0.5, 0.6) is 0 Å². The highest BCUT2D eigenvalue weighted by Crippen LogP contribution is 2.14. The lowest BCUT2D eigenvalue weighted by Gasteiger charge is -2.08. The Morgan fingerprint density at radius 2 is 2.17 bits per heavy atom. The van der Waals surface area contributed by atoms with Gasteiger partial charge in [0.15, 0.2) is 0 Å². The van der Waals surface area contributed by atoms with Gasteiger partial charge in [0.05, 0.1) is 6.61 Å². The summed E-state index contributed by atoms with van der Waals surface area (Å²) in [6.45, 7) is 3.60. The number of hydrogen-bond donors (Lipinski definition) is 1. The van der Waals surface area contributed by atoms with Crippen molar-refractivity contribution < 1.29 is 9.53 Å². The minimum atomic E-state index is -0.0819. The normalized spacial score (nSPS) is 10.4. The molecule has 0 spiro atoms. The molecule has 0 saturated heterocycles. The molecule has 0 fully saturated rings. The maximum absolute atomic E-state index is 11.8. The summed E-state index contributed by atoms with van der Waals surface area (Å²) in [5.41, 5.74) is 1.53. The average molecular weight is 290 g/mol. The first-order valence-electron chi connectivity index (χ1n) is 5.83. The van der Waals surface area contributed by atoms with Gasteiger partial charge in [-0.3, -0.25) is 4.79 Å². The van der Waals surface area contributed by atoms with Crippen molar-refractivity contribution in [1.29, 1.82) is 0 Å². The summed E-state index contributed by atoms with van der Waals surface area (Å²) in [5, 5.41) is 3.48. The van der Waals surface area contributed by atoms with Gasteiger partial charge in [0.1, 0.15) is 0 Å². The fourth-order valence-electron chi connectivity index (χ4n) is 1.51. The van der Waals surface area contributed by atoms with Crippen molar-refractivity contribution in [2.75, 3.05) is 25.6 Å². The Morgan fingerprint density at radius 1 is 1.39 bits per heavy atom. The third-order valence-electron chi connectivity index (χ3n) is 2.41. The van der Waals surface area contributed by atoms with Crippen LogP contribution in [0.15, 0.2) is 18.2 Å². The minimum Gasteiger partial charge on any atom is -0.380 e. The predicted octanol–water partition coefficient (Wildman–Crippen LogP) is 3.02. The number of rotatable bonds is 7. The highest BCUT2D eigenvalue weighted by molar-refractivity contribution is 6.30. The summed E-state index contributed by atoms with van der Waals surface area (Å²) in [7, 11) is 0. The zero-order valence-corrected chi connectivity index (χ0v) is 11.9. The van der Waals surface area contributed by atoms with Gasteiger partial charge in [0, 0.05) is 29.6 Å². The maximum Gasteiger partial charge on any atom is 0.251 e. The number of carbonyl (C=O) groups is 1. The molecule has 0 aliphatic heterocycles. The van der Waals surface area contributed by atoms with Gasteiger partial charge in [0.25, 0.3) is 5.91 Å². The summed E-state index contributed by atoms with van der Waals surface area (Å²) in [4.78, 5) is 11.8. The number of ether oxygens (including phenoxy) is 1. The summed E-state index contributed by atoms with van der Waals surface area (Å²) in [5.74, 6) is 0.414. The van der Waals surface area contributed by atoms with Crippen LogP contribution in [0.25, 0.3) is 0 Å². The molecule has 0 radical (unpaired) electrons. The number of nitrogens with one attached hydrogen (secondary N) is 1. The molecule has 1 aromatic rings. The van der Waals surface area contributed by atoms with Crippen molar-refractivity contribution in [3.63, 3.8) is 0 Å². The second-order valence-electron chi connectivity index (χ2n) is 3.87. The van der Waals surface area contributed by atoms with E-state index in [0.29, 0.717) is 36.2 Å². The number of aryl methyl sites for hydroxylation is 1. The lowest BCUT2D eigenvalue weighted by molar-refractivity contribution is 0.0944. The van der Waals surface area contributed by atoms with Gasteiger partial charge in [-0.1, -0.05) is 11.6 Å². The summed E-state index contributed by atoms with van der Waals surface area (Å²) < 4.78 is 5.21. The number of alkyl halides is 1. The van der Waals surface area contributed by atoms with Crippen molar-refractivity contribution in [2.24, 2.45) is 0 Å². The van der Waals surface area contributed by atoms with Gasteiger partial charge < -0.3 is 10.1 Å². The molecule has 0 aromatic heterocycles. The van der Waals surface area contributed by atoms with E-state index in [1.54, 1.807) is 18.2 Å². The number of amides is 1. The zero-order chi connectivity index (χ0) is 13.4. The van der Waals surface area contributed by atoms with E-state index in [1.165, 1.54) is 0 Å². The molecule has 0 atom stereocenters. The third-order valence-corrected chi connectivity index (χ3v) is 2.79. The minimum absolute atomic E-state index is 0.0819. The first-order chi connectivity index (χ1) is 8.65. The van der Waals surface area contributed by atoms with Crippen molar-refractivity contribution in [3.05, 3.63) is 34.3 Å². The topological polar surface area (TPSA) is 38.3 Å². The molecule has 1 N–H and O–H groups in total. The van der Waals surface area contributed by atoms with Crippen molar-refractivity contribution in [2.45, 2.75) is 13.3 Å². The molecule has 3 nitrogen and oxygen atoms in total. The summed E-state index contributed by atoms with van der Waals surface area (Å²) >= 11 is 11.3. The Hall–Kier alpha value is -0.770. The van der Waals surface area contributed by atoms with Crippen LogP contribution >= 0.6 is 23.2 Å². The molecule has 5 heteroatoms. The first-order valence-corrected chi connectivity index (χ1v) is 6.74. The molecular weight excluding hydrogens is 273 g/mol. The van der Waals surface area contributed by atoms with Crippen LogP contribution in [-0.4, -0.2) is 31.5 Å². The van der Waals surface area contributed by atoms with E-state index in [1.807, 2.05) is 6.92 Å². The van der Waals surface area contributed by atoms with Crippen LogP contribution in [0.2, 0.25) is 5.02 Å². The lowest BCUT2D eigenvalue weighted by Crippen LogP contribution is -2.26. The molecule has 100 valence electrons. The van der Waals surface area contributed by atoms with Crippen LogP contribution in [0.4, 0.5) is 0 Å². The summed E-state index contributed by atoms with van der Waals surface area (Å²) in [6.07, 6.45) is 0.773. The molecule has 0 aliphatic carbocycles. The lowest BCUT2D eigenvalue weighted by atomic mass is 10.1. The van der Waals surface area contributed by atoms with Gasteiger partial charge >= 0.3 is 0 Å². The fourth-order valence-corrected chi connectivity index (χ4v) is 1.85. The van der Waals surface area contributed by atoms with E-state index in [0.717, 1.165) is 12.0 Å². The smallest absolute Gasteiger partial charge is 0.251 e. The second-order valence-corrected chi connectivity index (χ2v) is 4.68. The van der Waals surface area contributed by atoms with Gasteiger partial charge in [-0.15, -0.1) is 11.6 Å². The van der Waals surface area contributed by atoms with E-state index in [2.05, 4.69) is 5.32 Å². The Labute approximate surface area is 117 Å². The quantitative estimate of drug-likeness (QED) is 0.619. The number of halogens is 2. The molecule has 18 heavy (non-hydrogen) atoms. The van der Waals surface area contributed by atoms with Gasteiger partial charge in [0.2, 0.25) is 0 Å². The second kappa shape index (κ2) is 8.35. The maximum atomic E-state index is 11.8. The molecule has 0 bridgehead atoms. The first kappa shape index (κ1) is 15.3. The molecule has 0 saturated carbocycles. The number of benzene rings is 1. The van der Waals surface area contributed by atoms with Gasteiger partial charge in [-0.05, 0) is 37.1 Å². The van der Waals surface area contributed by atoms with Crippen LogP contribution in [0, 0.1) is 6.92 Å². The van der Waals surface area contributed by atoms with E-state index < -0.39 is 0 Å². The predicted molar refractivity (Wildman–Crippen MR) is 74.7 cm³/mol. The highest BCUT2D eigenvalue weighted by Gasteiger charge is 2.08. The summed E-state index contributed by atoms with van der Waals surface area (Å²) in [6, 6.07) is 5.23. The standard InChI is InChI=1S/C13H17Cl2NO2/c1-10-9-11(15)3-4-12(10)13(17)16-6-2-7-18-8-5-14/h3-4,9H,2,5-8H2,1H3,(H,16,17). The molecule has 1 amide bonds. The van der Waals surface area contributed by atoms with Gasteiger partial charge in [-0.25, -0.2) is 0 Å². The largest absolute Gasteiger partial charge is 0.380 e. The Bertz CT molecular complexity index is 397.